The summed E-state index contributed by atoms with van der Waals surface area (Å²) in [6.45, 7) is 5.62. The third-order valence-electron chi connectivity index (χ3n) is 3.50. The molecule has 0 bridgehead atoms. The number of carbonyl (C=O) groups excluding carboxylic acids is 2. The zero-order valence-corrected chi connectivity index (χ0v) is 13.6. The molecule has 0 aromatic heterocycles. The quantitative estimate of drug-likeness (QED) is 0.486. The molecule has 1 aromatic rings. The lowest BCUT2D eigenvalue weighted by Crippen LogP contribution is -2.16. The Morgan fingerprint density at radius 1 is 1.13 bits per heavy atom. The van der Waals surface area contributed by atoms with Crippen molar-refractivity contribution in [1.29, 1.82) is 0 Å². The smallest absolute Gasteiger partial charge is 0.365 e. The summed E-state index contributed by atoms with van der Waals surface area (Å²) in [6, 6.07) is 6.55. The van der Waals surface area contributed by atoms with Gasteiger partial charge >= 0.3 is 5.97 Å². The summed E-state index contributed by atoms with van der Waals surface area (Å²) in [5.41, 5.74) is 2.17. The number of rotatable bonds is 4. The molecule has 0 N–H and O–H groups in total. The zero-order valence-electron chi connectivity index (χ0n) is 13.6. The Labute approximate surface area is 135 Å². The van der Waals surface area contributed by atoms with E-state index in [9.17, 15) is 9.59 Å². The number of ketones is 1. The molecule has 0 aliphatic heterocycles. The first-order chi connectivity index (χ1) is 10.9. The van der Waals surface area contributed by atoms with Gasteiger partial charge in [0.25, 0.3) is 0 Å². The van der Waals surface area contributed by atoms with Gasteiger partial charge in [-0.05, 0) is 54.8 Å². The number of ether oxygens (including phenoxy) is 1. The highest BCUT2D eigenvalue weighted by Gasteiger charge is 2.19. The van der Waals surface area contributed by atoms with E-state index in [2.05, 4.69) is 5.16 Å². The number of oxime groups is 1. The molecule has 1 aliphatic rings. The maximum atomic E-state index is 12.0. The summed E-state index contributed by atoms with van der Waals surface area (Å²) >= 11 is 0. The molecule has 0 spiro atoms. The van der Waals surface area contributed by atoms with Gasteiger partial charge < -0.3 is 9.57 Å². The van der Waals surface area contributed by atoms with Crippen molar-refractivity contribution in [2.24, 2.45) is 11.1 Å². The van der Waals surface area contributed by atoms with E-state index in [1.54, 1.807) is 44.4 Å². The molecule has 0 radical (unpaired) electrons. The molecular weight excluding hydrogens is 294 g/mol. The van der Waals surface area contributed by atoms with Crippen molar-refractivity contribution in [3.63, 3.8) is 0 Å². The predicted molar refractivity (Wildman–Crippen MR) is 87.5 cm³/mol. The van der Waals surface area contributed by atoms with Gasteiger partial charge in [-0.15, -0.1) is 0 Å². The summed E-state index contributed by atoms with van der Waals surface area (Å²) in [5, 5.41) is 3.89. The molecule has 0 saturated carbocycles. The fourth-order valence-electron chi connectivity index (χ4n) is 2.11. The second-order valence-corrected chi connectivity index (χ2v) is 5.53. The van der Waals surface area contributed by atoms with Crippen molar-refractivity contribution in [3.05, 3.63) is 53.1 Å². The van der Waals surface area contributed by atoms with Crippen LogP contribution in [0, 0.1) is 5.92 Å². The van der Waals surface area contributed by atoms with Gasteiger partial charge in [0.2, 0.25) is 0 Å². The van der Waals surface area contributed by atoms with Crippen LogP contribution in [0.5, 0.6) is 5.75 Å². The molecule has 1 aromatic carbocycles. The van der Waals surface area contributed by atoms with Crippen molar-refractivity contribution in [3.8, 4) is 5.75 Å². The van der Waals surface area contributed by atoms with E-state index in [0.29, 0.717) is 28.2 Å². The minimum atomic E-state index is -0.565. The molecule has 1 aliphatic carbocycles. The van der Waals surface area contributed by atoms with E-state index < -0.39 is 5.97 Å². The van der Waals surface area contributed by atoms with Crippen molar-refractivity contribution >= 4 is 17.5 Å². The average molecular weight is 313 g/mol. The molecule has 0 amide bonds. The third kappa shape index (κ3) is 3.94. The number of hydrogen-bond donors (Lipinski definition) is 0. The van der Waals surface area contributed by atoms with E-state index in [1.165, 1.54) is 6.08 Å². The largest absolute Gasteiger partial charge is 0.497 e. The third-order valence-corrected chi connectivity index (χ3v) is 3.50. The highest BCUT2D eigenvalue weighted by molar-refractivity contribution is 6.21. The number of carbonyl (C=O) groups is 2. The Hall–Kier alpha value is -2.69. The summed E-state index contributed by atoms with van der Waals surface area (Å²) in [7, 11) is 1.55. The highest BCUT2D eigenvalue weighted by atomic mass is 16.7. The lowest BCUT2D eigenvalue weighted by molar-refractivity contribution is -0.111. The van der Waals surface area contributed by atoms with Gasteiger partial charge in [0.15, 0.2) is 5.78 Å². The fourth-order valence-corrected chi connectivity index (χ4v) is 2.11. The molecule has 0 atom stereocenters. The SMILES string of the molecule is COc1ccc(C(=O)ON=C2C=C(C(C)C)C(=O)C=C2C)cc1. The Morgan fingerprint density at radius 3 is 2.35 bits per heavy atom. The second kappa shape index (κ2) is 7.05. The van der Waals surface area contributed by atoms with E-state index in [0.717, 1.165) is 0 Å². The molecule has 0 fully saturated rings. The first-order valence-electron chi connectivity index (χ1n) is 7.30. The molecule has 5 nitrogen and oxygen atoms in total. The van der Waals surface area contributed by atoms with Crippen LogP contribution in [0.25, 0.3) is 0 Å². The van der Waals surface area contributed by atoms with Crippen LogP contribution in [0.1, 0.15) is 31.1 Å². The maximum Gasteiger partial charge on any atom is 0.365 e. The molecule has 120 valence electrons. The monoisotopic (exact) mass is 313 g/mol. The molecule has 0 heterocycles. The van der Waals surface area contributed by atoms with E-state index >= 15 is 0 Å². The molecule has 23 heavy (non-hydrogen) atoms. The predicted octanol–water partition coefficient (Wildman–Crippen LogP) is 3.32. The Bertz CT molecular complexity index is 709. The lowest BCUT2D eigenvalue weighted by Gasteiger charge is -2.14. The Kier molecular flexibility index (Phi) is 5.11. The van der Waals surface area contributed by atoms with E-state index in [-0.39, 0.29) is 11.7 Å². The van der Waals surface area contributed by atoms with Crippen LogP contribution < -0.4 is 4.74 Å². The molecule has 0 unspecified atom stereocenters. The average Bonchev–Trinajstić information content (AvgIpc) is 2.53. The van der Waals surface area contributed by atoms with E-state index in [1.807, 2.05) is 13.8 Å². The summed E-state index contributed by atoms with van der Waals surface area (Å²) in [5.74, 6) is 0.138. The number of hydrogen-bond acceptors (Lipinski definition) is 5. The van der Waals surface area contributed by atoms with Crippen molar-refractivity contribution < 1.29 is 19.2 Å². The highest BCUT2D eigenvalue weighted by Crippen LogP contribution is 2.19. The van der Waals surface area contributed by atoms with Gasteiger partial charge in [0, 0.05) is 5.57 Å². The maximum absolute atomic E-state index is 12.0. The summed E-state index contributed by atoms with van der Waals surface area (Å²) in [4.78, 5) is 28.9. The normalized spacial score (nSPS) is 16.2. The second-order valence-electron chi connectivity index (χ2n) is 5.53. The van der Waals surface area contributed by atoms with Gasteiger partial charge in [-0.2, -0.15) is 0 Å². The van der Waals surface area contributed by atoms with Gasteiger partial charge in [0.05, 0.1) is 12.7 Å². The minimum absolute atomic E-state index is 0.0297. The van der Waals surface area contributed by atoms with Crippen molar-refractivity contribution in [1.82, 2.24) is 0 Å². The van der Waals surface area contributed by atoms with E-state index in [4.69, 9.17) is 9.57 Å². The first-order valence-corrected chi connectivity index (χ1v) is 7.30. The minimum Gasteiger partial charge on any atom is -0.497 e. The topological polar surface area (TPSA) is 65.0 Å². The summed E-state index contributed by atoms with van der Waals surface area (Å²) < 4.78 is 5.04. The molecule has 5 heteroatoms. The van der Waals surface area contributed by atoms with Gasteiger partial charge in [-0.3, -0.25) is 4.79 Å². The Balaban J connectivity index is 2.16. The summed E-state index contributed by atoms with van der Waals surface area (Å²) in [6.07, 6.45) is 3.18. The van der Waals surface area contributed by atoms with Crippen LogP contribution in [-0.4, -0.2) is 24.6 Å². The molecule has 2 rings (SSSR count). The number of allylic oxidation sites excluding steroid dienone is 4. The number of benzene rings is 1. The van der Waals surface area contributed by atoms with Gasteiger partial charge in [-0.1, -0.05) is 19.0 Å². The lowest BCUT2D eigenvalue weighted by atomic mass is 9.90. The fraction of sp³-hybridized carbons (Fsp3) is 0.278. The van der Waals surface area contributed by atoms with Gasteiger partial charge in [0.1, 0.15) is 11.5 Å². The molecular formula is C18H19NO4. The number of methoxy groups -OCH3 is 1. The van der Waals surface area contributed by atoms with Crippen molar-refractivity contribution in [2.75, 3.05) is 7.11 Å². The number of nitrogens with zero attached hydrogens (tertiary/aromatic N) is 1. The van der Waals surface area contributed by atoms with Crippen LogP contribution in [-0.2, 0) is 9.63 Å². The first kappa shape index (κ1) is 16.7. The Morgan fingerprint density at radius 2 is 1.78 bits per heavy atom. The van der Waals surface area contributed by atoms with Crippen LogP contribution in [0.15, 0.2) is 52.7 Å². The van der Waals surface area contributed by atoms with Crippen LogP contribution in [0.4, 0.5) is 0 Å². The van der Waals surface area contributed by atoms with Crippen molar-refractivity contribution in [2.45, 2.75) is 20.8 Å². The van der Waals surface area contributed by atoms with Crippen LogP contribution in [0.3, 0.4) is 0 Å². The van der Waals surface area contributed by atoms with Crippen LogP contribution in [0.2, 0.25) is 0 Å². The van der Waals surface area contributed by atoms with Crippen LogP contribution >= 0.6 is 0 Å². The molecule has 0 saturated heterocycles. The standard InChI is InChI=1S/C18H19NO4/c1-11(2)15-10-16(12(3)9-17(15)20)19-23-18(21)13-5-7-14(22-4)8-6-13/h5-11H,1-4H3. The van der Waals surface area contributed by atoms with Gasteiger partial charge in [-0.25, -0.2) is 4.79 Å². The zero-order chi connectivity index (χ0) is 17.0.